The Bertz CT molecular complexity index is 551. The summed E-state index contributed by atoms with van der Waals surface area (Å²) in [5, 5.41) is 16.5. The third-order valence-electron chi connectivity index (χ3n) is 4.22. The van der Waals surface area contributed by atoms with E-state index in [4.69, 9.17) is 4.74 Å². The van der Waals surface area contributed by atoms with Crippen molar-refractivity contribution in [2.75, 3.05) is 26.7 Å². The van der Waals surface area contributed by atoms with Crippen molar-refractivity contribution < 1.29 is 9.84 Å². The summed E-state index contributed by atoms with van der Waals surface area (Å²) in [5.41, 5.74) is 0.936. The number of nitrogens with zero attached hydrogens (tertiary/aromatic N) is 2. The molecule has 0 aliphatic heterocycles. The number of rotatable bonds is 10. The highest BCUT2D eigenvalue weighted by Gasteiger charge is 2.12. The smallest absolute Gasteiger partial charge is 0.191 e. The van der Waals surface area contributed by atoms with E-state index < -0.39 is 0 Å². The number of aromatic hydroxyl groups is 1. The van der Waals surface area contributed by atoms with E-state index in [-0.39, 0.29) is 5.75 Å². The first-order valence-corrected chi connectivity index (χ1v) is 9.52. The van der Waals surface area contributed by atoms with Gasteiger partial charge in [-0.3, -0.25) is 4.90 Å². The van der Waals surface area contributed by atoms with Crippen molar-refractivity contribution in [2.24, 2.45) is 4.99 Å². The third-order valence-corrected chi connectivity index (χ3v) is 4.22. The molecule has 0 aliphatic rings. The quantitative estimate of drug-likeness (QED) is 0.338. The molecule has 0 aromatic heterocycles. The molecule has 0 saturated carbocycles. The molecule has 6 heteroatoms. The number of nitrogens with one attached hydrogen (secondary N) is 2. The molecule has 6 nitrogen and oxygen atoms in total. The standard InChI is InChI=1S/C20H36N4O2/c1-7-21-20(22-11-8-12-24(15(2)3)16(4)5)23-14-17-9-10-19(26-6)18(25)13-17/h9-10,13,15-16,25H,7-8,11-12,14H2,1-6H3,(H2,21,22,23). The number of methoxy groups -OCH3 is 1. The third kappa shape index (κ3) is 7.52. The monoisotopic (exact) mass is 364 g/mol. The van der Waals surface area contributed by atoms with Gasteiger partial charge in [-0.25, -0.2) is 4.99 Å². The number of phenols is 1. The van der Waals surface area contributed by atoms with Gasteiger partial charge in [0.05, 0.1) is 13.7 Å². The van der Waals surface area contributed by atoms with Crippen LogP contribution < -0.4 is 15.4 Å². The number of hydrogen-bond acceptors (Lipinski definition) is 4. The van der Waals surface area contributed by atoms with E-state index in [0.717, 1.165) is 37.6 Å². The summed E-state index contributed by atoms with van der Waals surface area (Å²) in [6.45, 7) is 14.2. The normalized spacial score (nSPS) is 12.1. The molecule has 0 radical (unpaired) electrons. The van der Waals surface area contributed by atoms with Gasteiger partial charge in [0.2, 0.25) is 0 Å². The maximum Gasteiger partial charge on any atom is 0.191 e. The van der Waals surface area contributed by atoms with Gasteiger partial charge in [-0.2, -0.15) is 0 Å². The maximum absolute atomic E-state index is 9.87. The fourth-order valence-electron chi connectivity index (χ4n) is 2.93. The van der Waals surface area contributed by atoms with Gasteiger partial charge >= 0.3 is 0 Å². The molecule has 1 aromatic carbocycles. The molecule has 3 N–H and O–H groups in total. The molecule has 0 bridgehead atoms. The van der Waals surface area contributed by atoms with Crippen molar-refractivity contribution in [2.45, 2.75) is 59.7 Å². The van der Waals surface area contributed by atoms with Crippen molar-refractivity contribution in [3.63, 3.8) is 0 Å². The van der Waals surface area contributed by atoms with Crippen molar-refractivity contribution in [1.82, 2.24) is 15.5 Å². The first kappa shape index (κ1) is 22.1. The topological polar surface area (TPSA) is 69.1 Å². The highest BCUT2D eigenvalue weighted by molar-refractivity contribution is 5.79. The number of aliphatic imine (C=N–C) groups is 1. The molecule has 0 amide bonds. The zero-order valence-electron chi connectivity index (χ0n) is 17.2. The molecule has 148 valence electrons. The van der Waals surface area contributed by atoms with Gasteiger partial charge in [0, 0.05) is 31.7 Å². The number of phenolic OH excluding ortho intramolecular Hbond substituents is 1. The van der Waals surface area contributed by atoms with Gasteiger partial charge in [-0.05, 0) is 58.7 Å². The second-order valence-corrected chi connectivity index (χ2v) is 6.91. The Morgan fingerprint density at radius 2 is 1.88 bits per heavy atom. The molecule has 0 fully saturated rings. The number of ether oxygens (including phenoxy) is 1. The largest absolute Gasteiger partial charge is 0.504 e. The lowest BCUT2D eigenvalue weighted by Crippen LogP contribution is -2.41. The molecule has 0 unspecified atom stereocenters. The van der Waals surface area contributed by atoms with Crippen LogP contribution in [0.2, 0.25) is 0 Å². The molecule has 0 atom stereocenters. The summed E-state index contributed by atoms with van der Waals surface area (Å²) in [4.78, 5) is 7.09. The Balaban J connectivity index is 2.54. The number of hydrogen-bond donors (Lipinski definition) is 3. The van der Waals surface area contributed by atoms with Gasteiger partial charge in [-0.15, -0.1) is 0 Å². The van der Waals surface area contributed by atoms with Gasteiger partial charge < -0.3 is 20.5 Å². The van der Waals surface area contributed by atoms with Crippen LogP contribution in [-0.2, 0) is 6.54 Å². The summed E-state index contributed by atoms with van der Waals surface area (Å²) < 4.78 is 5.07. The van der Waals surface area contributed by atoms with Crippen LogP contribution in [0.3, 0.4) is 0 Å². The van der Waals surface area contributed by atoms with E-state index in [2.05, 4.69) is 55.1 Å². The van der Waals surface area contributed by atoms with Crippen molar-refractivity contribution in [3.8, 4) is 11.5 Å². The SMILES string of the molecule is CCNC(=NCc1ccc(OC)c(O)c1)NCCCN(C(C)C)C(C)C. The van der Waals surface area contributed by atoms with Crippen LogP contribution in [0.5, 0.6) is 11.5 Å². The molecule has 0 aliphatic carbocycles. The Morgan fingerprint density at radius 1 is 1.19 bits per heavy atom. The lowest BCUT2D eigenvalue weighted by atomic mass is 10.2. The van der Waals surface area contributed by atoms with Crippen molar-refractivity contribution in [3.05, 3.63) is 23.8 Å². The summed E-state index contributed by atoms with van der Waals surface area (Å²) in [6, 6.07) is 6.47. The van der Waals surface area contributed by atoms with Crippen molar-refractivity contribution >= 4 is 5.96 Å². The van der Waals surface area contributed by atoms with Crippen LogP contribution in [0, 0.1) is 0 Å². The van der Waals surface area contributed by atoms with Crippen LogP contribution in [0.4, 0.5) is 0 Å². The first-order valence-electron chi connectivity index (χ1n) is 9.52. The van der Waals surface area contributed by atoms with E-state index in [9.17, 15) is 5.11 Å². The zero-order valence-corrected chi connectivity index (χ0v) is 17.2. The fraction of sp³-hybridized carbons (Fsp3) is 0.650. The lowest BCUT2D eigenvalue weighted by Gasteiger charge is -2.30. The van der Waals surface area contributed by atoms with Crippen LogP contribution in [0.15, 0.2) is 23.2 Å². The zero-order chi connectivity index (χ0) is 19.5. The van der Waals surface area contributed by atoms with Crippen LogP contribution in [-0.4, -0.2) is 54.8 Å². The van der Waals surface area contributed by atoms with Gasteiger partial charge in [-0.1, -0.05) is 6.07 Å². The maximum atomic E-state index is 9.87. The lowest BCUT2D eigenvalue weighted by molar-refractivity contribution is 0.173. The molecule has 0 heterocycles. The van der Waals surface area contributed by atoms with Crippen LogP contribution >= 0.6 is 0 Å². The van der Waals surface area contributed by atoms with Crippen molar-refractivity contribution in [1.29, 1.82) is 0 Å². The highest BCUT2D eigenvalue weighted by Crippen LogP contribution is 2.26. The molecule has 1 rings (SSSR count). The summed E-state index contributed by atoms with van der Waals surface area (Å²) in [7, 11) is 1.54. The second-order valence-electron chi connectivity index (χ2n) is 6.91. The highest BCUT2D eigenvalue weighted by atomic mass is 16.5. The Kier molecular flexibility index (Phi) is 9.88. The Morgan fingerprint density at radius 3 is 2.42 bits per heavy atom. The van der Waals surface area contributed by atoms with Gasteiger partial charge in [0.15, 0.2) is 17.5 Å². The fourth-order valence-corrected chi connectivity index (χ4v) is 2.93. The minimum absolute atomic E-state index is 0.139. The first-order chi connectivity index (χ1) is 12.4. The summed E-state index contributed by atoms with van der Waals surface area (Å²) in [6.07, 6.45) is 1.06. The molecule has 1 aromatic rings. The molecular formula is C20H36N4O2. The number of guanidine groups is 1. The Hall–Kier alpha value is -1.95. The van der Waals surface area contributed by atoms with E-state index >= 15 is 0 Å². The predicted molar refractivity (Wildman–Crippen MR) is 109 cm³/mol. The molecule has 26 heavy (non-hydrogen) atoms. The van der Waals surface area contributed by atoms with Gasteiger partial charge in [0.25, 0.3) is 0 Å². The molecule has 0 saturated heterocycles. The van der Waals surface area contributed by atoms with Crippen LogP contribution in [0.25, 0.3) is 0 Å². The van der Waals surface area contributed by atoms with Crippen LogP contribution in [0.1, 0.15) is 46.6 Å². The minimum atomic E-state index is 0.139. The van der Waals surface area contributed by atoms with E-state index in [1.807, 2.05) is 6.07 Å². The Labute approximate surface area is 158 Å². The average Bonchev–Trinajstić information content (AvgIpc) is 2.58. The average molecular weight is 365 g/mol. The molecule has 0 spiro atoms. The number of benzene rings is 1. The van der Waals surface area contributed by atoms with E-state index in [1.165, 1.54) is 0 Å². The van der Waals surface area contributed by atoms with E-state index in [0.29, 0.717) is 24.4 Å². The summed E-state index contributed by atoms with van der Waals surface area (Å²) >= 11 is 0. The predicted octanol–water partition coefficient (Wildman–Crippen LogP) is 2.96. The van der Waals surface area contributed by atoms with Gasteiger partial charge in [0.1, 0.15) is 0 Å². The summed E-state index contributed by atoms with van der Waals surface area (Å²) in [5.74, 6) is 1.41. The van der Waals surface area contributed by atoms with E-state index in [1.54, 1.807) is 19.2 Å². The minimum Gasteiger partial charge on any atom is -0.504 e. The second kappa shape index (κ2) is 11.6. The molecular weight excluding hydrogens is 328 g/mol.